The van der Waals surface area contributed by atoms with Crippen LogP contribution in [0.5, 0.6) is 0 Å². The fraction of sp³-hybridized carbons (Fsp3) is 0.538. The molecule has 1 aromatic rings. The molecule has 2 rings (SSSR count). The molecular weight excluding hydrogens is 271 g/mol. The first-order valence-corrected chi connectivity index (χ1v) is 6.57. The number of hydrogen-bond donors (Lipinski definition) is 0. The first-order valence-electron chi connectivity index (χ1n) is 6.19. The molecule has 2 atom stereocenters. The molecular formula is C13H16ClFN2O2. The molecule has 1 aliphatic heterocycles. The third-order valence-electron chi connectivity index (χ3n) is 3.23. The number of rotatable bonds is 3. The summed E-state index contributed by atoms with van der Waals surface area (Å²) < 4.78 is 13.9. The number of piperidine rings is 1. The Kier molecular flexibility index (Phi) is 4.06. The van der Waals surface area contributed by atoms with Crippen LogP contribution in [0.1, 0.15) is 18.9 Å². The van der Waals surface area contributed by atoms with Crippen LogP contribution in [0.3, 0.4) is 0 Å². The van der Waals surface area contributed by atoms with Crippen molar-refractivity contribution in [3.8, 4) is 0 Å². The van der Waals surface area contributed by atoms with E-state index < -0.39 is 10.1 Å². The summed E-state index contributed by atoms with van der Waals surface area (Å²) in [6.07, 6.45) is 0.366. The number of nitrogens with zero attached hydrogens (tertiary/aromatic N) is 2. The van der Waals surface area contributed by atoms with Crippen LogP contribution in [0.15, 0.2) is 24.3 Å². The van der Waals surface area contributed by atoms with Gasteiger partial charge in [0.2, 0.25) is 0 Å². The number of likely N-dealkylation sites (tertiary alicyclic amines) is 1. The normalized spacial score (nSPS) is 28.3. The lowest BCUT2D eigenvalue weighted by Crippen LogP contribution is -2.45. The van der Waals surface area contributed by atoms with E-state index in [1.807, 2.05) is 11.8 Å². The minimum atomic E-state index is -1.67. The SMILES string of the molecule is C[C@H]1CN(Cc2ccc([N+](=O)[O-])cc2)C[C@@](F)(Cl)C1. The topological polar surface area (TPSA) is 46.4 Å². The van der Waals surface area contributed by atoms with Gasteiger partial charge >= 0.3 is 0 Å². The second-order valence-corrected chi connectivity index (χ2v) is 5.94. The molecule has 0 aromatic heterocycles. The second kappa shape index (κ2) is 5.43. The van der Waals surface area contributed by atoms with Gasteiger partial charge in [-0.3, -0.25) is 15.0 Å². The van der Waals surface area contributed by atoms with Crippen LogP contribution in [-0.2, 0) is 6.54 Å². The van der Waals surface area contributed by atoms with Crippen molar-refractivity contribution < 1.29 is 9.31 Å². The Morgan fingerprint density at radius 2 is 2.16 bits per heavy atom. The maximum atomic E-state index is 13.9. The Hall–Kier alpha value is -1.20. The minimum Gasteiger partial charge on any atom is -0.294 e. The molecule has 0 aliphatic carbocycles. The average molecular weight is 287 g/mol. The molecule has 0 N–H and O–H groups in total. The molecule has 0 radical (unpaired) electrons. The van der Waals surface area contributed by atoms with E-state index in [0.29, 0.717) is 13.0 Å². The molecule has 0 unspecified atom stereocenters. The Labute approximate surface area is 116 Å². The molecule has 0 amide bonds. The van der Waals surface area contributed by atoms with Crippen molar-refractivity contribution in [3.05, 3.63) is 39.9 Å². The van der Waals surface area contributed by atoms with Crippen molar-refractivity contribution in [1.82, 2.24) is 4.90 Å². The quantitative estimate of drug-likeness (QED) is 0.486. The largest absolute Gasteiger partial charge is 0.294 e. The van der Waals surface area contributed by atoms with Crippen LogP contribution >= 0.6 is 11.6 Å². The molecule has 6 heteroatoms. The first-order chi connectivity index (χ1) is 8.85. The second-order valence-electron chi connectivity index (χ2n) is 5.26. The van der Waals surface area contributed by atoms with Gasteiger partial charge in [0, 0.05) is 38.2 Å². The van der Waals surface area contributed by atoms with E-state index in [-0.39, 0.29) is 18.2 Å². The number of non-ortho nitro benzene ring substituents is 1. The van der Waals surface area contributed by atoms with Crippen LogP contribution in [0.25, 0.3) is 0 Å². The highest BCUT2D eigenvalue weighted by atomic mass is 35.5. The summed E-state index contributed by atoms with van der Waals surface area (Å²) in [5, 5.41) is 8.89. The highest BCUT2D eigenvalue weighted by Gasteiger charge is 2.36. The molecule has 1 fully saturated rings. The van der Waals surface area contributed by atoms with E-state index in [4.69, 9.17) is 11.6 Å². The molecule has 4 nitrogen and oxygen atoms in total. The van der Waals surface area contributed by atoms with E-state index in [2.05, 4.69) is 0 Å². The van der Waals surface area contributed by atoms with Crippen molar-refractivity contribution in [2.24, 2.45) is 5.92 Å². The Bertz CT molecular complexity index is 464. The van der Waals surface area contributed by atoms with Crippen molar-refractivity contribution in [3.63, 3.8) is 0 Å². The fourth-order valence-electron chi connectivity index (χ4n) is 2.57. The monoisotopic (exact) mass is 286 g/mol. The van der Waals surface area contributed by atoms with E-state index in [0.717, 1.165) is 12.1 Å². The summed E-state index contributed by atoms with van der Waals surface area (Å²) in [6, 6.07) is 6.33. The molecule has 1 saturated heterocycles. The maximum absolute atomic E-state index is 13.9. The molecule has 104 valence electrons. The highest BCUT2D eigenvalue weighted by molar-refractivity contribution is 6.23. The number of nitro benzene ring substituents is 1. The molecule has 1 aromatic carbocycles. The molecule has 19 heavy (non-hydrogen) atoms. The van der Waals surface area contributed by atoms with Crippen LogP contribution < -0.4 is 0 Å². The van der Waals surface area contributed by atoms with E-state index in [9.17, 15) is 14.5 Å². The van der Waals surface area contributed by atoms with Crippen LogP contribution in [-0.4, -0.2) is 28.0 Å². The summed E-state index contributed by atoms with van der Waals surface area (Å²) >= 11 is 5.80. The van der Waals surface area contributed by atoms with Crippen molar-refractivity contribution in [1.29, 1.82) is 0 Å². The van der Waals surface area contributed by atoms with Gasteiger partial charge < -0.3 is 0 Å². The van der Waals surface area contributed by atoms with Gasteiger partial charge in [0.1, 0.15) is 0 Å². The fourth-order valence-corrected chi connectivity index (χ4v) is 3.01. The zero-order valence-corrected chi connectivity index (χ0v) is 11.4. The van der Waals surface area contributed by atoms with Gasteiger partial charge in [-0.2, -0.15) is 0 Å². The standard InChI is InChI=1S/C13H16ClFN2O2/c1-10-6-13(14,15)9-16(7-10)8-11-2-4-12(5-3-11)17(18)19/h2-5,10H,6-9H2,1H3/t10-,13-/m1/s1. The zero-order valence-electron chi connectivity index (χ0n) is 10.7. The van der Waals surface area contributed by atoms with Gasteiger partial charge in [-0.05, 0) is 11.5 Å². The van der Waals surface area contributed by atoms with Crippen LogP contribution in [0.4, 0.5) is 10.1 Å². The number of nitro groups is 1. The highest BCUT2D eigenvalue weighted by Crippen LogP contribution is 2.33. The van der Waals surface area contributed by atoms with Gasteiger partial charge in [-0.1, -0.05) is 30.7 Å². The molecule has 0 bridgehead atoms. The van der Waals surface area contributed by atoms with E-state index in [1.165, 1.54) is 12.1 Å². The van der Waals surface area contributed by atoms with Crippen LogP contribution in [0, 0.1) is 16.0 Å². The molecule has 0 spiro atoms. The summed E-state index contributed by atoms with van der Waals surface area (Å²) in [4.78, 5) is 12.1. The Morgan fingerprint density at radius 3 is 2.68 bits per heavy atom. The summed E-state index contributed by atoms with van der Waals surface area (Å²) in [7, 11) is 0. The van der Waals surface area contributed by atoms with Gasteiger partial charge in [-0.15, -0.1) is 0 Å². The summed E-state index contributed by atoms with van der Waals surface area (Å²) in [5.74, 6) is 0.203. The Morgan fingerprint density at radius 1 is 1.53 bits per heavy atom. The lowest BCUT2D eigenvalue weighted by Gasteiger charge is -2.37. The minimum absolute atomic E-state index is 0.0629. The molecule has 1 aliphatic rings. The predicted octanol–water partition coefficient (Wildman–Crippen LogP) is 3.34. The number of hydrogen-bond acceptors (Lipinski definition) is 3. The molecule has 1 heterocycles. The summed E-state index contributed by atoms with van der Waals surface area (Å²) in [5.41, 5.74) is 0.986. The zero-order chi connectivity index (χ0) is 14.0. The third kappa shape index (κ3) is 3.88. The van der Waals surface area contributed by atoms with Gasteiger partial charge in [0.25, 0.3) is 5.69 Å². The average Bonchev–Trinajstić information content (AvgIpc) is 2.26. The smallest absolute Gasteiger partial charge is 0.269 e. The third-order valence-corrected chi connectivity index (χ3v) is 3.50. The van der Waals surface area contributed by atoms with Crippen molar-refractivity contribution in [2.45, 2.75) is 25.0 Å². The number of halogens is 2. The number of alkyl halides is 2. The predicted molar refractivity (Wildman–Crippen MR) is 71.8 cm³/mol. The van der Waals surface area contributed by atoms with Crippen molar-refractivity contribution in [2.75, 3.05) is 13.1 Å². The van der Waals surface area contributed by atoms with Crippen LogP contribution in [0.2, 0.25) is 0 Å². The Balaban J connectivity index is 2.02. The van der Waals surface area contributed by atoms with Gasteiger partial charge in [0.05, 0.1) is 4.92 Å². The van der Waals surface area contributed by atoms with E-state index >= 15 is 0 Å². The van der Waals surface area contributed by atoms with Gasteiger partial charge in [0.15, 0.2) is 5.13 Å². The number of benzene rings is 1. The maximum Gasteiger partial charge on any atom is 0.269 e. The lowest BCUT2D eigenvalue weighted by molar-refractivity contribution is -0.384. The van der Waals surface area contributed by atoms with Gasteiger partial charge in [-0.25, -0.2) is 4.39 Å². The first kappa shape index (κ1) is 14.2. The lowest BCUT2D eigenvalue weighted by atomic mass is 9.98. The molecule has 0 saturated carbocycles. The van der Waals surface area contributed by atoms with E-state index in [1.54, 1.807) is 12.1 Å². The summed E-state index contributed by atoms with van der Waals surface area (Å²) in [6.45, 7) is 3.50. The van der Waals surface area contributed by atoms with Crippen molar-refractivity contribution >= 4 is 17.3 Å².